The van der Waals surface area contributed by atoms with E-state index in [0.717, 1.165) is 0 Å². The van der Waals surface area contributed by atoms with E-state index in [-0.39, 0.29) is 5.91 Å². The van der Waals surface area contributed by atoms with Crippen molar-refractivity contribution < 1.29 is 27.9 Å². The maximum atomic E-state index is 10.6. The number of carbonyl (C=O) groups excluding carboxylic acids is 1. The molecule has 84 valence electrons. The molecule has 0 aliphatic carbocycles. The predicted molar refractivity (Wildman–Crippen MR) is 41.2 cm³/mol. The molecular weight excluding hydrogens is 205 g/mol. The highest BCUT2D eigenvalue weighted by molar-refractivity contribution is 5.73. The minimum atomic E-state index is -5.08. The number of alkyl halides is 3. The van der Waals surface area contributed by atoms with Gasteiger partial charge < -0.3 is 16.6 Å². The van der Waals surface area contributed by atoms with Crippen molar-refractivity contribution in [1.29, 1.82) is 0 Å². The first-order valence-corrected chi connectivity index (χ1v) is 3.50. The number of primary amides is 1. The number of carboxylic acids is 1. The van der Waals surface area contributed by atoms with Crippen molar-refractivity contribution in [2.45, 2.75) is 19.0 Å². The molecule has 5 nitrogen and oxygen atoms in total. The van der Waals surface area contributed by atoms with Gasteiger partial charge in [0.25, 0.3) is 0 Å². The number of nitrogens with two attached hydrogens (primary N) is 2. The van der Waals surface area contributed by atoms with E-state index >= 15 is 0 Å². The second kappa shape index (κ2) is 7.13. The number of aliphatic carboxylic acids is 1. The van der Waals surface area contributed by atoms with Crippen molar-refractivity contribution in [3.63, 3.8) is 0 Å². The van der Waals surface area contributed by atoms with E-state index < -0.39 is 12.1 Å². The molecule has 0 unspecified atom stereocenters. The molecule has 0 saturated carbocycles. The quantitative estimate of drug-likeness (QED) is 0.609. The first-order valence-electron chi connectivity index (χ1n) is 3.50. The lowest BCUT2D eigenvalue weighted by molar-refractivity contribution is -0.192. The Morgan fingerprint density at radius 2 is 1.64 bits per heavy atom. The molecule has 0 aromatic heterocycles. The molecule has 14 heavy (non-hydrogen) atoms. The molecule has 0 aliphatic heterocycles. The first-order chi connectivity index (χ1) is 6.21. The lowest BCUT2D eigenvalue weighted by atomic mass is 10.3. The summed E-state index contributed by atoms with van der Waals surface area (Å²) in [5, 5.41) is 7.12. The van der Waals surface area contributed by atoms with Crippen LogP contribution in [0.5, 0.6) is 0 Å². The van der Waals surface area contributed by atoms with Crippen LogP contribution in [0.2, 0.25) is 0 Å². The summed E-state index contributed by atoms with van der Waals surface area (Å²) in [6, 6.07) is 0. The van der Waals surface area contributed by atoms with Crippen LogP contribution in [0.4, 0.5) is 13.2 Å². The van der Waals surface area contributed by atoms with Crippen LogP contribution in [-0.4, -0.2) is 29.7 Å². The second-order valence-electron chi connectivity index (χ2n) is 2.16. The van der Waals surface area contributed by atoms with Crippen LogP contribution in [-0.2, 0) is 9.59 Å². The number of hydrogen-bond donors (Lipinski definition) is 3. The summed E-state index contributed by atoms with van der Waals surface area (Å²) in [4.78, 5) is 18.8. The van der Waals surface area contributed by atoms with Crippen LogP contribution in [0.3, 0.4) is 0 Å². The maximum Gasteiger partial charge on any atom is 0.490 e. The first kappa shape index (κ1) is 15.2. The summed E-state index contributed by atoms with van der Waals surface area (Å²) < 4.78 is 31.7. The molecule has 0 aromatic rings. The van der Waals surface area contributed by atoms with Crippen molar-refractivity contribution in [2.75, 3.05) is 6.54 Å². The minimum absolute atomic E-state index is 0.273. The molecule has 0 heterocycles. The number of carboxylic acid groups (broad SMARTS) is 1. The van der Waals surface area contributed by atoms with Gasteiger partial charge >= 0.3 is 12.1 Å². The lowest BCUT2D eigenvalue weighted by Gasteiger charge is -1.93. The zero-order valence-corrected chi connectivity index (χ0v) is 7.17. The highest BCUT2D eigenvalue weighted by atomic mass is 19.4. The molecule has 5 N–H and O–H groups in total. The van der Waals surface area contributed by atoms with Crippen LogP contribution in [0, 0.1) is 0 Å². The molecule has 0 fully saturated rings. The van der Waals surface area contributed by atoms with Gasteiger partial charge in [0.15, 0.2) is 0 Å². The van der Waals surface area contributed by atoms with Gasteiger partial charge in [-0.15, -0.1) is 0 Å². The van der Waals surface area contributed by atoms with E-state index in [0.29, 0.717) is 19.4 Å². The average Bonchev–Trinajstić information content (AvgIpc) is 2.00. The second-order valence-corrected chi connectivity index (χ2v) is 2.16. The van der Waals surface area contributed by atoms with E-state index in [4.69, 9.17) is 21.4 Å². The number of amides is 1. The fourth-order valence-corrected chi connectivity index (χ4v) is 0.276. The summed E-state index contributed by atoms with van der Waals surface area (Å²) in [5.74, 6) is -3.03. The van der Waals surface area contributed by atoms with Gasteiger partial charge in [0, 0.05) is 6.42 Å². The molecule has 0 aliphatic rings. The monoisotopic (exact) mass is 216 g/mol. The number of carbonyl (C=O) groups is 2. The van der Waals surface area contributed by atoms with Gasteiger partial charge in [-0.05, 0) is 13.0 Å². The number of rotatable bonds is 3. The Morgan fingerprint density at radius 1 is 1.29 bits per heavy atom. The van der Waals surface area contributed by atoms with Gasteiger partial charge in [0.2, 0.25) is 5.91 Å². The van der Waals surface area contributed by atoms with Crippen LogP contribution < -0.4 is 11.5 Å². The van der Waals surface area contributed by atoms with Crippen molar-refractivity contribution in [2.24, 2.45) is 11.5 Å². The summed E-state index contributed by atoms with van der Waals surface area (Å²) >= 11 is 0. The van der Waals surface area contributed by atoms with Gasteiger partial charge in [0.05, 0.1) is 0 Å². The summed E-state index contributed by atoms with van der Waals surface area (Å²) in [6.07, 6.45) is -3.97. The minimum Gasteiger partial charge on any atom is -0.475 e. The topological polar surface area (TPSA) is 106 Å². The molecule has 0 rings (SSSR count). The van der Waals surface area contributed by atoms with Gasteiger partial charge in [-0.3, -0.25) is 4.79 Å². The van der Waals surface area contributed by atoms with Gasteiger partial charge in [-0.2, -0.15) is 13.2 Å². The van der Waals surface area contributed by atoms with Gasteiger partial charge in [-0.25, -0.2) is 4.79 Å². The standard InChI is InChI=1S/C4H10N2O.C2HF3O2/c5-3-1-2-4(6)7;3-2(4,5)1(6)7/h1-3,5H2,(H2,6,7);(H,6,7). The summed E-state index contributed by atoms with van der Waals surface area (Å²) in [5.41, 5.74) is 9.85. The van der Waals surface area contributed by atoms with Crippen molar-refractivity contribution >= 4 is 11.9 Å². The highest BCUT2D eigenvalue weighted by Gasteiger charge is 2.38. The molecule has 0 spiro atoms. The molecule has 0 bridgehead atoms. The highest BCUT2D eigenvalue weighted by Crippen LogP contribution is 2.13. The third kappa shape index (κ3) is 13.3. The molecule has 0 radical (unpaired) electrons. The Kier molecular flexibility index (Phi) is 7.73. The van der Waals surface area contributed by atoms with Gasteiger partial charge in [0.1, 0.15) is 0 Å². The van der Waals surface area contributed by atoms with E-state index in [9.17, 15) is 18.0 Å². The van der Waals surface area contributed by atoms with Crippen molar-refractivity contribution in [1.82, 2.24) is 0 Å². The SMILES string of the molecule is NCCCC(N)=O.O=C(O)C(F)(F)F. The van der Waals surface area contributed by atoms with Gasteiger partial charge in [-0.1, -0.05) is 0 Å². The average molecular weight is 216 g/mol. The molecule has 8 heteroatoms. The molecule has 0 aromatic carbocycles. The molecule has 1 amide bonds. The Hall–Kier alpha value is -1.31. The Balaban J connectivity index is 0. The van der Waals surface area contributed by atoms with Crippen LogP contribution >= 0.6 is 0 Å². The van der Waals surface area contributed by atoms with E-state index in [2.05, 4.69) is 0 Å². The summed E-state index contributed by atoms with van der Waals surface area (Å²) in [6.45, 7) is 0.545. The maximum absolute atomic E-state index is 10.6. The fourth-order valence-electron chi connectivity index (χ4n) is 0.276. The Morgan fingerprint density at radius 3 is 1.71 bits per heavy atom. The van der Waals surface area contributed by atoms with Crippen LogP contribution in [0.15, 0.2) is 0 Å². The van der Waals surface area contributed by atoms with E-state index in [1.165, 1.54) is 0 Å². The van der Waals surface area contributed by atoms with E-state index in [1.54, 1.807) is 0 Å². The molecule has 0 atom stereocenters. The van der Waals surface area contributed by atoms with Crippen molar-refractivity contribution in [3.8, 4) is 0 Å². The third-order valence-corrected chi connectivity index (χ3v) is 0.870. The normalized spacial score (nSPS) is 10.0. The van der Waals surface area contributed by atoms with Crippen LogP contribution in [0.1, 0.15) is 12.8 Å². The largest absolute Gasteiger partial charge is 0.490 e. The lowest BCUT2D eigenvalue weighted by Crippen LogP contribution is -2.21. The van der Waals surface area contributed by atoms with E-state index in [1.807, 2.05) is 0 Å². The molecular formula is C6H11F3N2O3. The zero-order chi connectivity index (χ0) is 11.8. The summed E-state index contributed by atoms with van der Waals surface area (Å²) in [7, 11) is 0. The Bertz CT molecular complexity index is 193. The predicted octanol–water partition coefficient (Wildman–Crippen LogP) is -0.156. The van der Waals surface area contributed by atoms with Crippen LogP contribution in [0.25, 0.3) is 0 Å². The zero-order valence-electron chi connectivity index (χ0n) is 7.17. The third-order valence-electron chi connectivity index (χ3n) is 0.870. The number of halogens is 3. The van der Waals surface area contributed by atoms with Crippen molar-refractivity contribution in [3.05, 3.63) is 0 Å². The number of hydrogen-bond acceptors (Lipinski definition) is 3. The Labute approximate surface area is 77.9 Å². The molecule has 0 saturated heterocycles. The fraction of sp³-hybridized carbons (Fsp3) is 0.667. The smallest absolute Gasteiger partial charge is 0.475 e.